The van der Waals surface area contributed by atoms with Gasteiger partial charge in [-0.25, -0.2) is 0 Å². The van der Waals surface area contributed by atoms with Crippen LogP contribution in [0.1, 0.15) is 92.9 Å². The molecule has 1 N–H and O–H groups in total. The van der Waals surface area contributed by atoms with E-state index in [9.17, 15) is 9.59 Å². The first-order valence-electron chi connectivity index (χ1n) is 12.2. The molecule has 1 saturated heterocycles. The van der Waals surface area contributed by atoms with Gasteiger partial charge in [0, 0.05) is 30.0 Å². The molecule has 1 heterocycles. The average molecular weight is 403 g/mol. The van der Waals surface area contributed by atoms with Gasteiger partial charge in [0.2, 0.25) is 11.8 Å². The van der Waals surface area contributed by atoms with Crippen LogP contribution in [0.25, 0.3) is 0 Å². The van der Waals surface area contributed by atoms with Crippen LogP contribution in [0.15, 0.2) is 0 Å². The third kappa shape index (κ3) is 3.15. The van der Waals surface area contributed by atoms with Gasteiger partial charge in [-0.3, -0.25) is 9.59 Å². The second-order valence-electron chi connectivity index (χ2n) is 11.7. The van der Waals surface area contributed by atoms with Crippen LogP contribution in [-0.2, 0) is 9.59 Å². The minimum Gasteiger partial charge on any atom is -0.353 e. The smallest absolute Gasteiger partial charge is 0.227 e. The van der Waals surface area contributed by atoms with Crippen LogP contribution in [0.3, 0.4) is 0 Å². The Morgan fingerprint density at radius 3 is 2.34 bits per heavy atom. The molecule has 3 aliphatic carbocycles. The Hall–Kier alpha value is -1.06. The topological polar surface area (TPSA) is 49.4 Å². The molecule has 0 radical (unpaired) electrons. The quantitative estimate of drug-likeness (QED) is 0.739. The second kappa shape index (κ2) is 7.27. The number of rotatable bonds is 3. The summed E-state index contributed by atoms with van der Waals surface area (Å²) in [5.41, 5.74) is 0.406. The van der Waals surface area contributed by atoms with Crippen molar-refractivity contribution in [2.24, 2.45) is 34.5 Å². The van der Waals surface area contributed by atoms with Gasteiger partial charge in [0.05, 0.1) is 5.92 Å². The average Bonchev–Trinajstić information content (AvgIpc) is 3.02. The summed E-state index contributed by atoms with van der Waals surface area (Å²) in [7, 11) is 0. The van der Waals surface area contributed by atoms with Crippen molar-refractivity contribution >= 4 is 11.8 Å². The number of fused-ring (bicyclic) bond motifs is 5. The number of carbonyl (C=O) groups is 2. The van der Waals surface area contributed by atoms with Crippen molar-refractivity contribution in [1.82, 2.24) is 10.2 Å². The SMILES string of the molecule is CC(C)N(C(=O)C1CC(=O)NC2CC[C@H]3[C@@H]4CCC[C@@]4(C)CC[C@@H]3[C@]21C)C(C)C. The number of nitrogens with one attached hydrogen (secondary N) is 1. The van der Waals surface area contributed by atoms with E-state index < -0.39 is 0 Å². The van der Waals surface area contributed by atoms with E-state index in [1.54, 1.807) is 0 Å². The predicted octanol–water partition coefficient (Wildman–Crippen LogP) is 4.77. The Morgan fingerprint density at radius 1 is 1.00 bits per heavy atom. The first kappa shape index (κ1) is 21.2. The van der Waals surface area contributed by atoms with Gasteiger partial charge in [-0.1, -0.05) is 20.3 Å². The van der Waals surface area contributed by atoms with Gasteiger partial charge in [0.25, 0.3) is 0 Å². The van der Waals surface area contributed by atoms with Crippen molar-refractivity contribution in [3.05, 3.63) is 0 Å². The molecule has 29 heavy (non-hydrogen) atoms. The monoisotopic (exact) mass is 402 g/mol. The Morgan fingerprint density at radius 2 is 1.69 bits per heavy atom. The maximum absolute atomic E-state index is 13.9. The Balaban J connectivity index is 1.71. The van der Waals surface area contributed by atoms with Gasteiger partial charge >= 0.3 is 0 Å². The van der Waals surface area contributed by atoms with Crippen LogP contribution in [-0.4, -0.2) is 34.8 Å². The molecule has 4 fully saturated rings. The fourth-order valence-electron chi connectivity index (χ4n) is 8.41. The van der Waals surface area contributed by atoms with E-state index in [0.717, 1.165) is 18.3 Å². The predicted molar refractivity (Wildman–Crippen MR) is 116 cm³/mol. The molecule has 2 unspecified atom stereocenters. The van der Waals surface area contributed by atoms with Gasteiger partial charge in [-0.15, -0.1) is 0 Å². The molecule has 0 spiro atoms. The fraction of sp³-hybridized carbons (Fsp3) is 0.920. The maximum atomic E-state index is 13.9. The lowest BCUT2D eigenvalue weighted by molar-refractivity contribution is -0.167. The zero-order chi connectivity index (χ0) is 21.1. The van der Waals surface area contributed by atoms with E-state index in [4.69, 9.17) is 0 Å². The van der Waals surface area contributed by atoms with Crippen LogP contribution in [0.2, 0.25) is 0 Å². The molecule has 4 rings (SSSR count). The van der Waals surface area contributed by atoms with Crippen molar-refractivity contribution in [3.63, 3.8) is 0 Å². The largest absolute Gasteiger partial charge is 0.353 e. The van der Waals surface area contributed by atoms with Crippen LogP contribution in [0, 0.1) is 34.5 Å². The van der Waals surface area contributed by atoms with Crippen molar-refractivity contribution in [2.75, 3.05) is 0 Å². The van der Waals surface area contributed by atoms with Gasteiger partial charge in [-0.05, 0) is 89.4 Å². The summed E-state index contributed by atoms with van der Waals surface area (Å²) >= 11 is 0. The third-order valence-corrected chi connectivity index (χ3v) is 9.70. The highest BCUT2D eigenvalue weighted by Gasteiger charge is 2.62. The standard InChI is InChI=1S/C25H42N2O2/c1-15(2)27(16(3)4)23(29)20-14-22(28)26-21-10-9-17-18-8-7-12-24(18,5)13-11-19(17)25(20,21)6/h15-21H,7-14H2,1-6H3,(H,26,28)/t17-,18-,19-,20?,21?,24-,25-/m0/s1. The molecule has 3 saturated carbocycles. The number of piperidine rings is 1. The van der Waals surface area contributed by atoms with Crippen LogP contribution < -0.4 is 5.32 Å². The molecule has 0 bridgehead atoms. The molecule has 1 aliphatic heterocycles. The molecule has 7 atom stereocenters. The summed E-state index contributed by atoms with van der Waals surface area (Å²) in [5.74, 6) is 2.24. The molecule has 2 amide bonds. The molecule has 0 aromatic heterocycles. The summed E-state index contributed by atoms with van der Waals surface area (Å²) < 4.78 is 0. The highest BCUT2D eigenvalue weighted by Crippen LogP contribution is 2.65. The summed E-state index contributed by atoms with van der Waals surface area (Å²) in [6.07, 6.45) is 9.29. The zero-order valence-corrected chi connectivity index (χ0v) is 19.5. The summed E-state index contributed by atoms with van der Waals surface area (Å²) in [6.45, 7) is 13.3. The van der Waals surface area contributed by atoms with Crippen LogP contribution in [0.4, 0.5) is 0 Å². The minimum atomic E-state index is -0.176. The van der Waals surface area contributed by atoms with Crippen molar-refractivity contribution < 1.29 is 9.59 Å². The zero-order valence-electron chi connectivity index (χ0n) is 19.5. The van der Waals surface area contributed by atoms with Gasteiger partial charge in [-0.2, -0.15) is 0 Å². The maximum Gasteiger partial charge on any atom is 0.227 e. The lowest BCUT2D eigenvalue weighted by Crippen LogP contribution is -2.67. The van der Waals surface area contributed by atoms with E-state index in [1.807, 2.05) is 4.90 Å². The lowest BCUT2D eigenvalue weighted by Gasteiger charge is -2.62. The number of amides is 2. The molecule has 164 valence electrons. The molecule has 4 nitrogen and oxygen atoms in total. The molecule has 0 aromatic rings. The summed E-state index contributed by atoms with van der Waals surface area (Å²) in [6, 6.07) is 0.489. The van der Waals surface area contributed by atoms with E-state index in [-0.39, 0.29) is 41.3 Å². The van der Waals surface area contributed by atoms with Crippen LogP contribution in [0.5, 0.6) is 0 Å². The number of nitrogens with zero attached hydrogens (tertiary/aromatic N) is 1. The fourth-order valence-corrected chi connectivity index (χ4v) is 8.41. The number of hydrogen-bond donors (Lipinski definition) is 1. The number of hydrogen-bond acceptors (Lipinski definition) is 2. The Bertz CT molecular complexity index is 666. The summed E-state index contributed by atoms with van der Waals surface area (Å²) in [5, 5.41) is 3.33. The normalized spacial score (nSPS) is 44.1. The van der Waals surface area contributed by atoms with E-state index in [2.05, 4.69) is 46.9 Å². The molecule has 0 aromatic carbocycles. The first-order chi connectivity index (χ1) is 13.6. The Kier molecular flexibility index (Phi) is 5.31. The number of carbonyl (C=O) groups excluding carboxylic acids is 2. The Labute approximate surface area is 177 Å². The second-order valence-corrected chi connectivity index (χ2v) is 11.7. The third-order valence-electron chi connectivity index (χ3n) is 9.70. The lowest BCUT2D eigenvalue weighted by atomic mass is 9.45. The van der Waals surface area contributed by atoms with E-state index in [0.29, 0.717) is 17.8 Å². The van der Waals surface area contributed by atoms with Gasteiger partial charge in [0.15, 0.2) is 0 Å². The van der Waals surface area contributed by atoms with E-state index >= 15 is 0 Å². The van der Waals surface area contributed by atoms with Crippen LogP contribution >= 0.6 is 0 Å². The van der Waals surface area contributed by atoms with E-state index in [1.165, 1.54) is 38.5 Å². The van der Waals surface area contributed by atoms with Crippen molar-refractivity contribution in [2.45, 2.75) is 111 Å². The molecule has 4 aliphatic rings. The minimum absolute atomic E-state index is 0.0817. The van der Waals surface area contributed by atoms with Crippen molar-refractivity contribution in [1.29, 1.82) is 0 Å². The van der Waals surface area contributed by atoms with Crippen molar-refractivity contribution in [3.8, 4) is 0 Å². The van der Waals surface area contributed by atoms with Gasteiger partial charge in [0.1, 0.15) is 0 Å². The highest BCUT2D eigenvalue weighted by molar-refractivity contribution is 5.88. The molecule has 4 heteroatoms. The highest BCUT2D eigenvalue weighted by atomic mass is 16.2. The molecular formula is C25H42N2O2. The summed E-state index contributed by atoms with van der Waals surface area (Å²) in [4.78, 5) is 28.6. The van der Waals surface area contributed by atoms with Gasteiger partial charge < -0.3 is 10.2 Å². The molecular weight excluding hydrogens is 360 g/mol. The first-order valence-corrected chi connectivity index (χ1v) is 12.2.